The molecule has 0 spiro atoms. The average Bonchev–Trinajstić information content (AvgIpc) is 3.41. The molecule has 1 aliphatic carbocycles. The molecule has 0 saturated carbocycles. The van der Waals surface area contributed by atoms with Crippen LogP contribution in [0.5, 0.6) is 5.75 Å². The Labute approximate surface area is 414 Å². The van der Waals surface area contributed by atoms with Gasteiger partial charge in [-0.1, -0.05) is 201 Å². The maximum absolute atomic E-state index is 14.2. The van der Waals surface area contributed by atoms with Crippen molar-refractivity contribution in [3.8, 4) is 5.75 Å². The van der Waals surface area contributed by atoms with Crippen molar-refractivity contribution in [1.29, 1.82) is 0 Å². The summed E-state index contributed by atoms with van der Waals surface area (Å²) in [7, 11) is 1.79. The first kappa shape index (κ1) is 48.9. The van der Waals surface area contributed by atoms with Crippen molar-refractivity contribution in [2.45, 2.75) is 54.6 Å². The van der Waals surface area contributed by atoms with Gasteiger partial charge in [0.2, 0.25) is 5.91 Å². The first-order valence-electron chi connectivity index (χ1n) is 24.5. The zero-order valence-electron chi connectivity index (χ0n) is 39.8. The zero-order valence-corrected chi connectivity index (χ0v) is 41.5. The van der Waals surface area contributed by atoms with Crippen LogP contribution in [0, 0.1) is 0 Å². The molecule has 1 unspecified atom stereocenters. The molecule has 7 aromatic carbocycles. The van der Waals surface area contributed by atoms with Crippen molar-refractivity contribution in [3.63, 3.8) is 0 Å². The molecule has 0 fully saturated rings. The molecule has 0 radical (unpaired) electrons. The van der Waals surface area contributed by atoms with Crippen LogP contribution in [0.4, 0.5) is 0 Å². The molecule has 7 heteroatoms. The molecule has 0 saturated heterocycles. The summed E-state index contributed by atoms with van der Waals surface area (Å²) in [5.41, 5.74) is 10.2. The molecule has 8 rings (SSSR count). The van der Waals surface area contributed by atoms with E-state index in [0.717, 1.165) is 75.5 Å². The van der Waals surface area contributed by atoms with Crippen LogP contribution in [0.25, 0.3) is 0 Å². The summed E-state index contributed by atoms with van der Waals surface area (Å²) in [6.45, 7) is 6.91. The lowest BCUT2D eigenvalue weighted by Crippen LogP contribution is -2.43. The quantitative estimate of drug-likeness (QED) is 0.0481. The van der Waals surface area contributed by atoms with Crippen LogP contribution < -0.4 is 10.1 Å². The number of ether oxygens (including phenoxy) is 1. The lowest BCUT2D eigenvalue weighted by molar-refractivity contribution is -0.122. The van der Waals surface area contributed by atoms with Gasteiger partial charge in [0.15, 0.2) is 0 Å². The van der Waals surface area contributed by atoms with Crippen LogP contribution in [0.1, 0.15) is 70.7 Å². The highest BCUT2D eigenvalue weighted by Crippen LogP contribution is 2.49. The maximum atomic E-state index is 14.2. The van der Waals surface area contributed by atoms with Crippen molar-refractivity contribution in [3.05, 3.63) is 245 Å². The number of nitrogens with one attached hydrogen (secondary N) is 1. The number of amides is 1. The first-order chi connectivity index (χ1) is 33.5. The van der Waals surface area contributed by atoms with Crippen LogP contribution in [-0.2, 0) is 27.1 Å². The van der Waals surface area contributed by atoms with E-state index in [1.54, 1.807) is 7.11 Å². The molecule has 1 aliphatic rings. The summed E-state index contributed by atoms with van der Waals surface area (Å²) >= 11 is 3.86. The molecule has 0 bridgehead atoms. The van der Waals surface area contributed by atoms with Crippen molar-refractivity contribution >= 4 is 29.4 Å². The lowest BCUT2D eigenvalue weighted by Gasteiger charge is -2.37. The molecule has 1 N–H and O–H groups in total. The topological polar surface area (TPSA) is 44.8 Å². The maximum Gasteiger partial charge on any atom is 0.234 e. The lowest BCUT2D eigenvalue weighted by atomic mass is 9.84. The largest absolute Gasteiger partial charge is 0.496 e. The SMILES string of the molecule is CCCN(CCCN(CCSC(c1ccccc1)(c1ccccc1)c1ccccc1)CC(=O)NCCSC(c1ccccc1)(c1ccccc1)c1ccccc1)C1CCc2c(cccc2OC)C1. The van der Waals surface area contributed by atoms with Crippen LogP contribution >= 0.6 is 23.5 Å². The Balaban J connectivity index is 0.997. The Morgan fingerprint density at radius 3 is 1.47 bits per heavy atom. The molecule has 0 heterocycles. The second-order valence-electron chi connectivity index (χ2n) is 17.8. The second-order valence-corrected chi connectivity index (χ2v) is 20.4. The van der Waals surface area contributed by atoms with E-state index in [0.29, 0.717) is 19.1 Å². The summed E-state index contributed by atoms with van der Waals surface area (Å²) < 4.78 is 4.90. The van der Waals surface area contributed by atoms with Gasteiger partial charge >= 0.3 is 0 Å². The van der Waals surface area contributed by atoms with Gasteiger partial charge in [-0.15, -0.1) is 23.5 Å². The van der Waals surface area contributed by atoms with Gasteiger partial charge in [-0.05, 0) is 102 Å². The minimum Gasteiger partial charge on any atom is -0.496 e. The summed E-state index contributed by atoms with van der Waals surface area (Å²) in [4.78, 5) is 19.4. The Hall–Kier alpha value is -5.57. The molecular formula is C61H67N3O2S2. The van der Waals surface area contributed by atoms with Gasteiger partial charge in [-0.2, -0.15) is 0 Å². The minimum atomic E-state index is -0.433. The molecule has 0 aromatic heterocycles. The van der Waals surface area contributed by atoms with Gasteiger partial charge in [0.25, 0.3) is 0 Å². The predicted molar refractivity (Wildman–Crippen MR) is 288 cm³/mol. The molecule has 0 aliphatic heterocycles. The second kappa shape index (κ2) is 24.6. The Kier molecular flexibility index (Phi) is 17.7. The van der Waals surface area contributed by atoms with Gasteiger partial charge in [0.05, 0.1) is 23.1 Å². The predicted octanol–water partition coefficient (Wildman–Crippen LogP) is 12.5. The number of hydrogen-bond donors (Lipinski definition) is 1. The minimum absolute atomic E-state index is 0.0732. The van der Waals surface area contributed by atoms with E-state index in [4.69, 9.17) is 4.74 Å². The molecular weight excluding hydrogens is 871 g/mol. The number of carbonyl (C=O) groups is 1. The number of methoxy groups -OCH3 is 1. The van der Waals surface area contributed by atoms with E-state index >= 15 is 0 Å². The summed E-state index contributed by atoms with van der Waals surface area (Å²) in [5, 5.41) is 3.39. The molecule has 1 atom stereocenters. The first-order valence-corrected chi connectivity index (χ1v) is 26.5. The fourth-order valence-corrected chi connectivity index (χ4v) is 13.3. The summed E-state index contributed by atoms with van der Waals surface area (Å²) in [5.74, 6) is 2.68. The van der Waals surface area contributed by atoms with Crippen LogP contribution in [-0.4, -0.2) is 79.6 Å². The third-order valence-corrected chi connectivity index (χ3v) is 16.6. The Morgan fingerprint density at radius 2 is 1.03 bits per heavy atom. The standard InChI is InChI=1S/C61H67N3O2S2/c1-3-41-64(56-38-39-57-49(47-56)24-22-37-58(57)66-2)43-23-42-63(44-46-68-61(53-31-16-7-17-32-53,54-33-18-8-19-34-54)55-35-20-9-21-36-55)48-59(65)62-40-45-67-60(50-25-10-4-11-26-50,51-27-12-5-13-28-51)52-29-14-6-15-30-52/h4-22,24-37,56H,3,23,38-48H2,1-2H3,(H,62,65). The number of carbonyl (C=O) groups excluding carboxylic acids is 1. The van der Waals surface area contributed by atoms with Crippen LogP contribution in [0.3, 0.4) is 0 Å². The zero-order chi connectivity index (χ0) is 46.9. The van der Waals surface area contributed by atoms with E-state index in [1.165, 1.54) is 44.5 Å². The smallest absolute Gasteiger partial charge is 0.234 e. The van der Waals surface area contributed by atoms with E-state index in [1.807, 2.05) is 23.5 Å². The highest BCUT2D eigenvalue weighted by atomic mass is 32.2. The number of thioether (sulfide) groups is 2. The fraction of sp³-hybridized carbons (Fsp3) is 0.295. The van der Waals surface area contributed by atoms with Crippen LogP contribution in [0.15, 0.2) is 200 Å². The van der Waals surface area contributed by atoms with E-state index in [9.17, 15) is 4.79 Å². The van der Waals surface area contributed by atoms with Crippen molar-refractivity contribution in [2.75, 3.05) is 57.9 Å². The van der Waals surface area contributed by atoms with Crippen LogP contribution in [0.2, 0.25) is 0 Å². The third-order valence-electron chi connectivity index (χ3n) is 13.5. The third kappa shape index (κ3) is 11.6. The van der Waals surface area contributed by atoms with E-state index in [2.05, 4.69) is 222 Å². The molecule has 350 valence electrons. The number of fused-ring (bicyclic) bond motifs is 1. The molecule has 68 heavy (non-hydrogen) atoms. The van der Waals surface area contributed by atoms with Crippen molar-refractivity contribution in [1.82, 2.24) is 15.1 Å². The highest BCUT2D eigenvalue weighted by molar-refractivity contribution is 8.00. The fourth-order valence-electron chi connectivity index (χ4n) is 10.3. The normalized spacial score (nSPS) is 13.9. The van der Waals surface area contributed by atoms with E-state index in [-0.39, 0.29) is 5.91 Å². The Bertz CT molecular complexity index is 2370. The van der Waals surface area contributed by atoms with Gasteiger partial charge in [-0.25, -0.2) is 0 Å². The average molecular weight is 938 g/mol. The number of hydrogen-bond acceptors (Lipinski definition) is 6. The number of nitrogens with zero attached hydrogens (tertiary/aromatic N) is 2. The summed E-state index contributed by atoms with van der Waals surface area (Å²) in [6, 6.07) is 72.2. The Morgan fingerprint density at radius 1 is 0.574 bits per heavy atom. The molecule has 7 aromatic rings. The summed E-state index contributed by atoms with van der Waals surface area (Å²) in [6.07, 6.45) is 5.33. The molecule has 1 amide bonds. The van der Waals surface area contributed by atoms with Gasteiger partial charge in [-0.3, -0.25) is 9.69 Å². The molecule has 5 nitrogen and oxygen atoms in total. The van der Waals surface area contributed by atoms with Gasteiger partial charge < -0.3 is 15.0 Å². The number of benzene rings is 7. The van der Waals surface area contributed by atoms with Crippen molar-refractivity contribution in [2.24, 2.45) is 0 Å². The van der Waals surface area contributed by atoms with Gasteiger partial charge in [0, 0.05) is 30.6 Å². The van der Waals surface area contributed by atoms with Gasteiger partial charge in [0.1, 0.15) is 5.75 Å². The monoisotopic (exact) mass is 937 g/mol. The highest BCUT2D eigenvalue weighted by Gasteiger charge is 2.38. The van der Waals surface area contributed by atoms with Crippen molar-refractivity contribution < 1.29 is 9.53 Å². The number of rotatable bonds is 24. The van der Waals surface area contributed by atoms with E-state index < -0.39 is 9.49 Å².